The zero-order chi connectivity index (χ0) is 18.7. The Morgan fingerprint density at radius 1 is 1.12 bits per heavy atom. The van der Waals surface area contributed by atoms with Crippen molar-refractivity contribution in [2.45, 2.75) is 13.3 Å². The number of nitrogens with zero attached hydrogens (tertiary/aromatic N) is 1. The van der Waals surface area contributed by atoms with Crippen molar-refractivity contribution in [2.24, 2.45) is 4.99 Å². The minimum Gasteiger partial charge on any atom is -0.491 e. The van der Waals surface area contributed by atoms with Gasteiger partial charge in [0, 0.05) is 4.47 Å². The van der Waals surface area contributed by atoms with Crippen LogP contribution in [0.5, 0.6) is 5.75 Å². The largest absolute Gasteiger partial charge is 0.491 e. The summed E-state index contributed by atoms with van der Waals surface area (Å²) in [4.78, 5) is 16.5. The first kappa shape index (κ1) is 19.3. The number of carbonyl (C=O) groups is 1. The lowest BCUT2D eigenvalue weighted by Gasteiger charge is -2.10. The highest BCUT2D eigenvalue weighted by Gasteiger charge is 2.25. The molecule has 1 aliphatic heterocycles. The molecule has 134 valence electrons. The molecule has 0 saturated heterocycles. The van der Waals surface area contributed by atoms with Crippen LogP contribution >= 0.6 is 47.8 Å². The van der Waals surface area contributed by atoms with E-state index in [4.69, 9.17) is 9.47 Å². The maximum atomic E-state index is 12.2. The number of aliphatic imine (C=N–C) groups is 1. The fourth-order valence-electron chi connectivity index (χ4n) is 2.32. The number of halogens is 3. The molecule has 0 aliphatic carbocycles. The van der Waals surface area contributed by atoms with Crippen LogP contribution in [0.2, 0.25) is 0 Å². The van der Waals surface area contributed by atoms with Crippen LogP contribution in [0, 0.1) is 0 Å². The Morgan fingerprint density at radius 3 is 2.46 bits per heavy atom. The standard InChI is InChI=1S/C19H14Br3NO3/c1-2-7-25-17-14(21)8-11(9-15(17)22)10-16-19(24)26-18(23-16)12-5-3-4-6-13(12)20/h3-6,8-10H,2,7H2,1H3/b16-10-. The number of rotatable bonds is 5. The van der Waals surface area contributed by atoms with Crippen LogP contribution in [-0.2, 0) is 9.53 Å². The molecule has 2 aromatic carbocycles. The first-order valence-corrected chi connectivity index (χ1v) is 10.3. The van der Waals surface area contributed by atoms with Crippen LogP contribution in [-0.4, -0.2) is 18.5 Å². The average molecular weight is 544 g/mol. The fourth-order valence-corrected chi connectivity index (χ4v) is 4.23. The Kier molecular flexibility index (Phi) is 6.32. The minimum atomic E-state index is -0.477. The second-order valence-electron chi connectivity index (χ2n) is 5.48. The molecular weight excluding hydrogens is 530 g/mol. The summed E-state index contributed by atoms with van der Waals surface area (Å²) in [6, 6.07) is 11.2. The van der Waals surface area contributed by atoms with Crippen LogP contribution in [0.25, 0.3) is 6.08 Å². The highest BCUT2D eigenvalue weighted by Crippen LogP contribution is 2.36. The molecule has 4 nitrogen and oxygen atoms in total. The molecule has 0 fully saturated rings. The third-order valence-electron chi connectivity index (χ3n) is 3.50. The van der Waals surface area contributed by atoms with Gasteiger partial charge in [-0.1, -0.05) is 19.1 Å². The molecule has 2 aromatic rings. The Hall–Kier alpha value is -1.44. The molecule has 1 aliphatic rings. The van der Waals surface area contributed by atoms with E-state index >= 15 is 0 Å². The molecule has 3 rings (SSSR count). The number of hydrogen-bond acceptors (Lipinski definition) is 4. The van der Waals surface area contributed by atoms with Crippen LogP contribution in [0.15, 0.2) is 60.5 Å². The van der Waals surface area contributed by atoms with Crippen molar-refractivity contribution < 1.29 is 14.3 Å². The summed E-state index contributed by atoms with van der Waals surface area (Å²) >= 11 is 10.5. The smallest absolute Gasteiger partial charge is 0.363 e. The quantitative estimate of drug-likeness (QED) is 0.338. The highest BCUT2D eigenvalue weighted by atomic mass is 79.9. The number of benzene rings is 2. The van der Waals surface area contributed by atoms with Gasteiger partial charge in [-0.25, -0.2) is 9.79 Å². The molecule has 0 bridgehead atoms. The lowest BCUT2D eigenvalue weighted by Crippen LogP contribution is -2.05. The van der Waals surface area contributed by atoms with E-state index < -0.39 is 5.97 Å². The zero-order valence-electron chi connectivity index (χ0n) is 13.8. The number of ether oxygens (including phenoxy) is 2. The predicted molar refractivity (Wildman–Crippen MR) is 112 cm³/mol. The van der Waals surface area contributed by atoms with E-state index in [2.05, 4.69) is 52.8 Å². The molecule has 7 heteroatoms. The van der Waals surface area contributed by atoms with E-state index in [9.17, 15) is 4.79 Å². The van der Waals surface area contributed by atoms with E-state index in [1.807, 2.05) is 43.3 Å². The van der Waals surface area contributed by atoms with Gasteiger partial charge in [0.15, 0.2) is 5.70 Å². The fraction of sp³-hybridized carbons (Fsp3) is 0.158. The van der Waals surface area contributed by atoms with E-state index in [-0.39, 0.29) is 11.6 Å². The molecule has 0 atom stereocenters. The summed E-state index contributed by atoms with van der Waals surface area (Å²) < 4.78 is 13.4. The van der Waals surface area contributed by atoms with Crippen LogP contribution in [0.1, 0.15) is 24.5 Å². The van der Waals surface area contributed by atoms with Crippen LogP contribution in [0.3, 0.4) is 0 Å². The van der Waals surface area contributed by atoms with Gasteiger partial charge in [-0.05, 0) is 90.1 Å². The summed E-state index contributed by atoms with van der Waals surface area (Å²) in [5.41, 5.74) is 1.78. The van der Waals surface area contributed by atoms with Crippen LogP contribution in [0.4, 0.5) is 0 Å². The normalized spacial score (nSPS) is 15.2. The van der Waals surface area contributed by atoms with Gasteiger partial charge in [-0.15, -0.1) is 0 Å². The van der Waals surface area contributed by atoms with Gasteiger partial charge >= 0.3 is 5.97 Å². The molecule has 0 amide bonds. The molecule has 0 saturated carbocycles. The Bertz CT molecular complexity index is 899. The van der Waals surface area contributed by atoms with E-state index in [0.29, 0.717) is 6.61 Å². The molecule has 1 heterocycles. The third kappa shape index (κ3) is 4.27. The number of cyclic esters (lactones) is 1. The Balaban J connectivity index is 1.92. The topological polar surface area (TPSA) is 47.9 Å². The van der Waals surface area contributed by atoms with Gasteiger partial charge in [-0.3, -0.25) is 0 Å². The van der Waals surface area contributed by atoms with Crippen molar-refractivity contribution in [3.05, 3.63) is 66.6 Å². The summed E-state index contributed by atoms with van der Waals surface area (Å²) in [7, 11) is 0. The summed E-state index contributed by atoms with van der Waals surface area (Å²) in [6.07, 6.45) is 2.61. The second-order valence-corrected chi connectivity index (χ2v) is 8.04. The molecule has 0 radical (unpaired) electrons. The van der Waals surface area contributed by atoms with E-state index in [1.54, 1.807) is 6.08 Å². The first-order chi connectivity index (χ1) is 12.5. The van der Waals surface area contributed by atoms with Crippen molar-refractivity contribution >= 4 is 65.7 Å². The van der Waals surface area contributed by atoms with Crippen LogP contribution < -0.4 is 4.74 Å². The van der Waals surface area contributed by atoms with Crippen molar-refractivity contribution in [3.63, 3.8) is 0 Å². The Morgan fingerprint density at radius 2 is 1.81 bits per heavy atom. The summed E-state index contributed by atoms with van der Waals surface area (Å²) in [5.74, 6) is 0.546. The summed E-state index contributed by atoms with van der Waals surface area (Å²) in [5, 5.41) is 0. The molecule has 0 N–H and O–H groups in total. The number of hydrogen-bond donors (Lipinski definition) is 0. The molecule has 0 aromatic heterocycles. The SMILES string of the molecule is CCCOc1c(Br)cc(/C=C2\N=C(c3ccccc3Br)OC2=O)cc1Br. The predicted octanol–water partition coefficient (Wildman–Crippen LogP) is 6.11. The van der Waals surface area contributed by atoms with Gasteiger partial charge in [-0.2, -0.15) is 0 Å². The average Bonchev–Trinajstić information content (AvgIpc) is 2.95. The van der Waals surface area contributed by atoms with Crippen molar-refractivity contribution in [1.82, 2.24) is 0 Å². The lowest BCUT2D eigenvalue weighted by atomic mass is 10.2. The van der Waals surface area contributed by atoms with E-state index in [1.165, 1.54) is 0 Å². The van der Waals surface area contributed by atoms with Gasteiger partial charge in [0.2, 0.25) is 5.90 Å². The molecule has 26 heavy (non-hydrogen) atoms. The number of carbonyl (C=O) groups excluding carboxylic acids is 1. The third-order valence-corrected chi connectivity index (χ3v) is 5.37. The van der Waals surface area contributed by atoms with Gasteiger partial charge in [0.25, 0.3) is 0 Å². The maximum Gasteiger partial charge on any atom is 0.363 e. The van der Waals surface area contributed by atoms with Crippen molar-refractivity contribution in [2.75, 3.05) is 6.61 Å². The first-order valence-electron chi connectivity index (χ1n) is 7.89. The van der Waals surface area contributed by atoms with Gasteiger partial charge in [0.1, 0.15) is 5.75 Å². The monoisotopic (exact) mass is 541 g/mol. The zero-order valence-corrected chi connectivity index (χ0v) is 18.5. The van der Waals surface area contributed by atoms with Crippen molar-refractivity contribution in [3.8, 4) is 5.75 Å². The Labute approximate surface area is 176 Å². The molecule has 0 unspecified atom stereocenters. The second kappa shape index (κ2) is 8.50. The highest BCUT2D eigenvalue weighted by molar-refractivity contribution is 9.11. The lowest BCUT2D eigenvalue weighted by molar-refractivity contribution is -0.129. The van der Waals surface area contributed by atoms with E-state index in [0.717, 1.165) is 36.7 Å². The maximum absolute atomic E-state index is 12.2. The van der Waals surface area contributed by atoms with Gasteiger partial charge < -0.3 is 9.47 Å². The molecular formula is C19H14Br3NO3. The number of esters is 1. The minimum absolute atomic E-state index is 0.247. The van der Waals surface area contributed by atoms with Gasteiger partial charge in [0.05, 0.1) is 21.1 Å². The summed E-state index contributed by atoms with van der Waals surface area (Å²) in [6.45, 7) is 2.68. The van der Waals surface area contributed by atoms with Crippen molar-refractivity contribution in [1.29, 1.82) is 0 Å². The molecule has 0 spiro atoms.